The number of aromatic amines is 1. The van der Waals surface area contributed by atoms with E-state index in [9.17, 15) is 0 Å². The predicted molar refractivity (Wildman–Crippen MR) is 88.8 cm³/mol. The van der Waals surface area contributed by atoms with Crippen LogP contribution in [0.5, 0.6) is 0 Å². The normalized spacial score (nSPS) is 11.6. The van der Waals surface area contributed by atoms with Crippen LogP contribution in [0.3, 0.4) is 0 Å². The van der Waals surface area contributed by atoms with Crippen molar-refractivity contribution in [1.82, 2.24) is 9.97 Å². The molecule has 0 saturated heterocycles. The Morgan fingerprint density at radius 1 is 0.864 bits per heavy atom. The van der Waals surface area contributed by atoms with Crippen molar-refractivity contribution < 1.29 is 4.42 Å². The van der Waals surface area contributed by atoms with Gasteiger partial charge in [0.15, 0.2) is 0 Å². The van der Waals surface area contributed by atoms with Crippen molar-refractivity contribution in [3.8, 4) is 11.4 Å². The third-order valence-corrected chi connectivity index (χ3v) is 4.09. The highest BCUT2D eigenvalue weighted by Crippen LogP contribution is 2.33. The fraction of sp³-hybridized carbons (Fsp3) is 0. The van der Waals surface area contributed by atoms with Gasteiger partial charge in [0.05, 0.1) is 23.2 Å². The first kappa shape index (κ1) is 11.6. The van der Waals surface area contributed by atoms with Crippen LogP contribution < -0.4 is 0 Å². The van der Waals surface area contributed by atoms with Gasteiger partial charge in [-0.1, -0.05) is 30.3 Å². The van der Waals surface area contributed by atoms with Crippen molar-refractivity contribution in [2.75, 3.05) is 0 Å². The van der Waals surface area contributed by atoms with Gasteiger partial charge >= 0.3 is 0 Å². The van der Waals surface area contributed by atoms with Crippen molar-refractivity contribution in [3.63, 3.8) is 0 Å². The van der Waals surface area contributed by atoms with Gasteiger partial charge in [-0.05, 0) is 30.3 Å². The SMILES string of the molecule is c1ccc2[nH]c(-c3nc4ccccc4c4occc34)cc2c1. The molecule has 2 aromatic carbocycles. The fourth-order valence-electron chi connectivity index (χ4n) is 3.05. The molecule has 3 aromatic heterocycles. The van der Waals surface area contributed by atoms with E-state index in [0.29, 0.717) is 0 Å². The van der Waals surface area contributed by atoms with Gasteiger partial charge in [-0.3, -0.25) is 0 Å². The van der Waals surface area contributed by atoms with Crippen LogP contribution in [0.25, 0.3) is 44.2 Å². The molecule has 5 rings (SSSR count). The molecular formula is C19H12N2O. The van der Waals surface area contributed by atoms with Gasteiger partial charge < -0.3 is 9.40 Å². The quantitative estimate of drug-likeness (QED) is 0.463. The van der Waals surface area contributed by atoms with E-state index in [2.05, 4.69) is 23.2 Å². The molecule has 0 aliphatic heterocycles. The molecule has 0 aliphatic rings. The average molecular weight is 284 g/mol. The Morgan fingerprint density at radius 2 is 1.73 bits per heavy atom. The first-order valence-electron chi connectivity index (χ1n) is 7.24. The second kappa shape index (κ2) is 4.21. The summed E-state index contributed by atoms with van der Waals surface area (Å²) < 4.78 is 5.71. The molecule has 3 nitrogen and oxygen atoms in total. The van der Waals surface area contributed by atoms with Gasteiger partial charge in [-0.2, -0.15) is 0 Å². The zero-order valence-electron chi connectivity index (χ0n) is 11.7. The molecule has 3 heteroatoms. The molecule has 0 spiro atoms. The maximum atomic E-state index is 5.71. The van der Waals surface area contributed by atoms with Crippen LogP contribution in [0, 0.1) is 0 Å². The molecule has 104 valence electrons. The van der Waals surface area contributed by atoms with Crippen molar-refractivity contribution in [3.05, 3.63) is 66.9 Å². The first-order chi connectivity index (χ1) is 10.9. The Morgan fingerprint density at radius 3 is 2.68 bits per heavy atom. The Kier molecular flexibility index (Phi) is 2.22. The van der Waals surface area contributed by atoms with E-state index in [1.807, 2.05) is 42.5 Å². The summed E-state index contributed by atoms with van der Waals surface area (Å²) in [6.07, 6.45) is 1.73. The number of benzene rings is 2. The predicted octanol–water partition coefficient (Wildman–Crippen LogP) is 5.13. The number of para-hydroxylation sites is 2. The topological polar surface area (TPSA) is 41.8 Å². The molecule has 0 amide bonds. The standard InChI is InChI=1S/C19H12N2O/c1-3-7-15-12(5-1)11-17(20-15)18-14-9-10-22-19(14)13-6-2-4-8-16(13)21-18/h1-11,20H. The zero-order valence-corrected chi connectivity index (χ0v) is 11.7. The number of furan rings is 1. The largest absolute Gasteiger partial charge is 0.464 e. The van der Waals surface area contributed by atoms with Crippen LogP contribution in [0.2, 0.25) is 0 Å². The minimum absolute atomic E-state index is 0.888. The van der Waals surface area contributed by atoms with E-state index < -0.39 is 0 Å². The summed E-state index contributed by atoms with van der Waals surface area (Å²) in [5.41, 5.74) is 4.89. The fourth-order valence-corrected chi connectivity index (χ4v) is 3.05. The summed E-state index contributed by atoms with van der Waals surface area (Å²) in [5.74, 6) is 0. The summed E-state index contributed by atoms with van der Waals surface area (Å²) in [4.78, 5) is 8.30. The maximum absolute atomic E-state index is 5.71. The number of nitrogens with zero attached hydrogens (tertiary/aromatic N) is 1. The van der Waals surface area contributed by atoms with Crippen LogP contribution in [-0.2, 0) is 0 Å². The number of H-pyrrole nitrogens is 1. The monoisotopic (exact) mass is 284 g/mol. The highest BCUT2D eigenvalue weighted by atomic mass is 16.3. The first-order valence-corrected chi connectivity index (χ1v) is 7.24. The van der Waals surface area contributed by atoms with E-state index in [-0.39, 0.29) is 0 Å². The Balaban J connectivity index is 1.90. The molecule has 0 fully saturated rings. The van der Waals surface area contributed by atoms with Crippen LogP contribution in [-0.4, -0.2) is 9.97 Å². The molecule has 0 bridgehead atoms. The lowest BCUT2D eigenvalue weighted by Crippen LogP contribution is -1.87. The molecule has 0 atom stereocenters. The molecule has 0 saturated carbocycles. The van der Waals surface area contributed by atoms with Crippen molar-refractivity contribution >= 4 is 32.8 Å². The second-order valence-electron chi connectivity index (χ2n) is 5.41. The summed E-state index contributed by atoms with van der Waals surface area (Å²) >= 11 is 0. The van der Waals surface area contributed by atoms with E-state index in [0.717, 1.165) is 38.8 Å². The van der Waals surface area contributed by atoms with E-state index in [4.69, 9.17) is 9.40 Å². The minimum atomic E-state index is 0.888. The van der Waals surface area contributed by atoms with Crippen molar-refractivity contribution in [2.45, 2.75) is 0 Å². The third kappa shape index (κ3) is 1.53. The van der Waals surface area contributed by atoms with Crippen LogP contribution in [0.4, 0.5) is 0 Å². The molecule has 22 heavy (non-hydrogen) atoms. The summed E-state index contributed by atoms with van der Waals surface area (Å²) in [5, 5.41) is 3.26. The third-order valence-electron chi connectivity index (χ3n) is 4.09. The van der Waals surface area contributed by atoms with Gasteiger partial charge in [0.1, 0.15) is 5.58 Å². The van der Waals surface area contributed by atoms with Crippen molar-refractivity contribution in [2.24, 2.45) is 0 Å². The maximum Gasteiger partial charge on any atom is 0.145 e. The zero-order chi connectivity index (χ0) is 14.5. The highest BCUT2D eigenvalue weighted by molar-refractivity contribution is 6.08. The number of nitrogens with one attached hydrogen (secondary N) is 1. The van der Waals surface area contributed by atoms with Crippen LogP contribution in [0.15, 0.2) is 71.3 Å². The number of rotatable bonds is 1. The Hall–Kier alpha value is -3.07. The second-order valence-corrected chi connectivity index (χ2v) is 5.41. The van der Waals surface area contributed by atoms with Crippen LogP contribution >= 0.6 is 0 Å². The van der Waals surface area contributed by atoms with E-state index in [1.54, 1.807) is 6.26 Å². The van der Waals surface area contributed by atoms with Gasteiger partial charge in [0.25, 0.3) is 0 Å². The molecule has 5 aromatic rings. The van der Waals surface area contributed by atoms with Crippen LogP contribution in [0.1, 0.15) is 0 Å². The number of hydrogen-bond acceptors (Lipinski definition) is 2. The summed E-state index contributed by atoms with van der Waals surface area (Å²) in [6, 6.07) is 20.4. The average Bonchev–Trinajstić information content (AvgIpc) is 3.21. The number of aromatic nitrogens is 2. The van der Waals surface area contributed by atoms with Gasteiger partial charge in [-0.25, -0.2) is 4.98 Å². The van der Waals surface area contributed by atoms with Gasteiger partial charge in [0, 0.05) is 21.7 Å². The van der Waals surface area contributed by atoms with Crippen molar-refractivity contribution in [1.29, 1.82) is 0 Å². The molecule has 0 radical (unpaired) electrons. The lowest BCUT2D eigenvalue weighted by atomic mass is 10.1. The molecule has 1 N–H and O–H groups in total. The van der Waals surface area contributed by atoms with E-state index >= 15 is 0 Å². The Labute approximate surface area is 126 Å². The number of fused-ring (bicyclic) bond motifs is 4. The minimum Gasteiger partial charge on any atom is -0.464 e. The van der Waals surface area contributed by atoms with Gasteiger partial charge in [-0.15, -0.1) is 0 Å². The summed E-state index contributed by atoms with van der Waals surface area (Å²) in [7, 11) is 0. The lowest BCUT2D eigenvalue weighted by molar-refractivity contribution is 0.619. The van der Waals surface area contributed by atoms with Gasteiger partial charge in [0.2, 0.25) is 0 Å². The smallest absolute Gasteiger partial charge is 0.145 e. The molecule has 0 unspecified atom stereocenters. The number of pyridine rings is 1. The van der Waals surface area contributed by atoms with E-state index in [1.165, 1.54) is 5.39 Å². The number of hydrogen-bond donors (Lipinski definition) is 1. The Bertz CT molecular complexity index is 1100. The molecular weight excluding hydrogens is 272 g/mol. The lowest BCUT2D eigenvalue weighted by Gasteiger charge is -2.03. The summed E-state index contributed by atoms with van der Waals surface area (Å²) in [6.45, 7) is 0. The highest BCUT2D eigenvalue weighted by Gasteiger charge is 2.14. The molecule has 0 aliphatic carbocycles. The molecule has 3 heterocycles.